The van der Waals surface area contributed by atoms with Crippen LogP contribution in [0.15, 0.2) is 48.5 Å². The second-order valence-electron chi connectivity index (χ2n) is 4.86. The third kappa shape index (κ3) is 2.67. The van der Waals surface area contributed by atoms with Crippen LogP contribution in [0.2, 0.25) is 5.02 Å². The molecule has 2 N–H and O–H groups in total. The minimum Gasteiger partial charge on any atom is -0.490 e. The third-order valence-corrected chi connectivity index (χ3v) is 3.80. The van der Waals surface area contributed by atoms with Crippen LogP contribution in [0.25, 0.3) is 11.0 Å². The first-order valence-electron chi connectivity index (χ1n) is 6.78. The highest BCUT2D eigenvalue weighted by Gasteiger charge is 2.17. The molecule has 0 amide bonds. The summed E-state index contributed by atoms with van der Waals surface area (Å²) in [5.74, 6) is 1.52. The lowest BCUT2D eigenvalue weighted by atomic mass is 10.3. The van der Waals surface area contributed by atoms with Crippen molar-refractivity contribution in [1.29, 1.82) is 0 Å². The SMILES string of the molecule is C[n+]1c(N)n(CCOc2ccc(Cl)cc2)c2ccccc21. The lowest BCUT2D eigenvalue weighted by Gasteiger charge is -2.06. The standard InChI is InChI=1S/C16H16ClN3O/c1-19-14-4-2-3-5-15(14)20(16(19)18)10-11-21-13-8-6-12(17)7-9-13/h2-9,18H,10-11H2,1H3/p+1. The molecule has 0 fully saturated rings. The molecular formula is C16H17ClN3O+. The Morgan fingerprint density at radius 3 is 2.62 bits per heavy atom. The van der Waals surface area contributed by atoms with Crippen LogP contribution in [0.3, 0.4) is 0 Å². The van der Waals surface area contributed by atoms with Gasteiger partial charge in [-0.2, -0.15) is 0 Å². The predicted molar refractivity (Wildman–Crippen MR) is 84.5 cm³/mol. The van der Waals surface area contributed by atoms with E-state index in [9.17, 15) is 0 Å². The summed E-state index contributed by atoms with van der Waals surface area (Å²) in [6.07, 6.45) is 0. The molecule has 2 aromatic carbocycles. The summed E-state index contributed by atoms with van der Waals surface area (Å²) in [5.41, 5.74) is 8.39. The van der Waals surface area contributed by atoms with Crippen LogP contribution < -0.4 is 15.0 Å². The maximum Gasteiger partial charge on any atom is 0.355 e. The fourth-order valence-corrected chi connectivity index (χ4v) is 2.55. The van der Waals surface area contributed by atoms with Gasteiger partial charge in [0.15, 0.2) is 0 Å². The summed E-state index contributed by atoms with van der Waals surface area (Å²) < 4.78 is 9.78. The van der Waals surface area contributed by atoms with Crippen molar-refractivity contribution < 1.29 is 9.30 Å². The van der Waals surface area contributed by atoms with Crippen molar-refractivity contribution in [1.82, 2.24) is 4.57 Å². The zero-order valence-corrected chi connectivity index (χ0v) is 12.5. The van der Waals surface area contributed by atoms with Crippen molar-refractivity contribution in [2.45, 2.75) is 6.54 Å². The first-order valence-corrected chi connectivity index (χ1v) is 7.16. The summed E-state index contributed by atoms with van der Waals surface area (Å²) >= 11 is 5.85. The highest BCUT2D eigenvalue weighted by Crippen LogP contribution is 2.17. The minimum atomic E-state index is 0.546. The average molecular weight is 303 g/mol. The van der Waals surface area contributed by atoms with E-state index in [0.717, 1.165) is 22.7 Å². The molecule has 5 heteroatoms. The maximum atomic E-state index is 6.17. The summed E-state index contributed by atoms with van der Waals surface area (Å²) in [7, 11) is 1.97. The average Bonchev–Trinajstić information content (AvgIpc) is 2.75. The second-order valence-corrected chi connectivity index (χ2v) is 5.30. The molecule has 0 aliphatic heterocycles. The summed E-state index contributed by atoms with van der Waals surface area (Å²) in [6, 6.07) is 15.5. The van der Waals surface area contributed by atoms with Gasteiger partial charge in [0.2, 0.25) is 0 Å². The molecule has 1 aromatic heterocycles. The number of imidazole rings is 1. The molecule has 3 rings (SSSR count). The molecule has 108 valence electrons. The van der Waals surface area contributed by atoms with Gasteiger partial charge in [-0.05, 0) is 36.4 Å². The highest BCUT2D eigenvalue weighted by molar-refractivity contribution is 6.30. The van der Waals surface area contributed by atoms with Gasteiger partial charge < -0.3 is 4.74 Å². The smallest absolute Gasteiger partial charge is 0.355 e. The first-order chi connectivity index (χ1) is 10.2. The molecule has 1 heterocycles. The van der Waals surface area contributed by atoms with E-state index in [1.807, 2.05) is 48.0 Å². The van der Waals surface area contributed by atoms with Gasteiger partial charge in [-0.1, -0.05) is 23.7 Å². The van der Waals surface area contributed by atoms with Crippen LogP contribution in [0.5, 0.6) is 5.75 Å². The summed E-state index contributed by atoms with van der Waals surface area (Å²) in [5, 5.41) is 0.704. The highest BCUT2D eigenvalue weighted by atomic mass is 35.5. The van der Waals surface area contributed by atoms with Crippen molar-refractivity contribution >= 4 is 28.6 Å². The maximum absolute atomic E-state index is 6.17. The zero-order valence-electron chi connectivity index (χ0n) is 11.8. The van der Waals surface area contributed by atoms with E-state index in [0.29, 0.717) is 18.2 Å². The first kappa shape index (κ1) is 13.8. The minimum absolute atomic E-state index is 0.546. The van der Waals surface area contributed by atoms with Gasteiger partial charge >= 0.3 is 5.95 Å². The van der Waals surface area contributed by atoms with Crippen LogP contribution in [0, 0.1) is 0 Å². The van der Waals surface area contributed by atoms with E-state index >= 15 is 0 Å². The van der Waals surface area contributed by atoms with Gasteiger partial charge in [0, 0.05) is 5.02 Å². The van der Waals surface area contributed by atoms with Gasteiger partial charge in [0.05, 0.1) is 7.05 Å². The Kier molecular flexibility index (Phi) is 3.71. The Labute approximate surface area is 128 Å². The van der Waals surface area contributed by atoms with Gasteiger partial charge in [-0.25, -0.2) is 9.13 Å². The van der Waals surface area contributed by atoms with Crippen LogP contribution >= 0.6 is 11.6 Å². The Hall–Kier alpha value is -2.20. The Morgan fingerprint density at radius 1 is 1.14 bits per heavy atom. The lowest BCUT2D eigenvalue weighted by molar-refractivity contribution is -0.630. The number of anilines is 1. The number of para-hydroxylation sites is 2. The molecule has 0 aliphatic rings. The van der Waals surface area contributed by atoms with Gasteiger partial charge in [-0.15, -0.1) is 0 Å². The largest absolute Gasteiger partial charge is 0.490 e. The quantitative estimate of drug-likeness (QED) is 0.753. The number of halogens is 1. The van der Waals surface area contributed by atoms with Crippen molar-refractivity contribution in [3.05, 3.63) is 53.6 Å². The number of aromatic nitrogens is 2. The van der Waals surface area contributed by atoms with E-state index in [-0.39, 0.29) is 0 Å². The predicted octanol–water partition coefficient (Wildman–Crippen LogP) is 2.78. The van der Waals surface area contributed by atoms with Gasteiger partial charge in [0.1, 0.15) is 29.9 Å². The Morgan fingerprint density at radius 2 is 1.86 bits per heavy atom. The number of benzene rings is 2. The molecule has 0 unspecified atom stereocenters. The monoisotopic (exact) mass is 302 g/mol. The van der Waals surface area contributed by atoms with E-state index in [2.05, 4.69) is 16.7 Å². The molecule has 0 aliphatic carbocycles. The number of aryl methyl sites for hydroxylation is 1. The molecule has 21 heavy (non-hydrogen) atoms. The number of nitrogen functional groups attached to an aromatic ring is 1. The Balaban J connectivity index is 1.76. The van der Waals surface area contributed by atoms with Crippen molar-refractivity contribution in [2.75, 3.05) is 12.3 Å². The number of ether oxygens (including phenoxy) is 1. The summed E-state index contributed by atoms with van der Waals surface area (Å²) in [6.45, 7) is 1.24. The van der Waals surface area contributed by atoms with Crippen LogP contribution in [0.4, 0.5) is 5.95 Å². The normalized spacial score (nSPS) is 11.0. The fourth-order valence-electron chi connectivity index (χ4n) is 2.42. The molecule has 0 saturated heterocycles. The van der Waals surface area contributed by atoms with Crippen LogP contribution in [-0.2, 0) is 13.6 Å². The number of rotatable bonds is 4. The second kappa shape index (κ2) is 5.66. The van der Waals surface area contributed by atoms with Crippen LogP contribution in [-0.4, -0.2) is 11.2 Å². The number of hydrogen-bond acceptors (Lipinski definition) is 2. The molecule has 0 radical (unpaired) electrons. The molecule has 0 atom stereocenters. The van der Waals surface area contributed by atoms with Crippen molar-refractivity contribution in [3.63, 3.8) is 0 Å². The molecular weight excluding hydrogens is 286 g/mol. The van der Waals surface area contributed by atoms with Crippen molar-refractivity contribution in [3.8, 4) is 5.75 Å². The topological polar surface area (TPSA) is 44.1 Å². The van der Waals surface area contributed by atoms with E-state index in [1.54, 1.807) is 0 Å². The zero-order chi connectivity index (χ0) is 14.8. The number of nitrogens with two attached hydrogens (primary N) is 1. The van der Waals surface area contributed by atoms with E-state index < -0.39 is 0 Å². The fraction of sp³-hybridized carbons (Fsp3) is 0.188. The van der Waals surface area contributed by atoms with Gasteiger partial charge in [-0.3, -0.25) is 5.73 Å². The Bertz CT molecular complexity index is 765. The third-order valence-electron chi connectivity index (χ3n) is 3.55. The number of nitrogens with zero attached hydrogens (tertiary/aromatic N) is 2. The molecule has 3 aromatic rings. The van der Waals surface area contributed by atoms with Crippen LogP contribution in [0.1, 0.15) is 0 Å². The van der Waals surface area contributed by atoms with Crippen molar-refractivity contribution in [2.24, 2.45) is 7.05 Å². The van der Waals surface area contributed by atoms with E-state index in [1.165, 1.54) is 0 Å². The lowest BCUT2D eigenvalue weighted by Crippen LogP contribution is -2.31. The molecule has 0 bridgehead atoms. The number of fused-ring (bicyclic) bond motifs is 1. The van der Waals surface area contributed by atoms with E-state index in [4.69, 9.17) is 22.1 Å². The molecule has 0 spiro atoms. The van der Waals surface area contributed by atoms with Gasteiger partial charge in [0.25, 0.3) is 0 Å². The molecule has 0 saturated carbocycles. The number of hydrogen-bond donors (Lipinski definition) is 1. The molecule has 4 nitrogen and oxygen atoms in total. The summed E-state index contributed by atoms with van der Waals surface area (Å²) in [4.78, 5) is 0.